The monoisotopic (exact) mass is 369 g/mol. The Morgan fingerprint density at radius 1 is 1.07 bits per heavy atom. The van der Waals surface area contributed by atoms with Crippen molar-refractivity contribution in [3.63, 3.8) is 0 Å². The van der Waals surface area contributed by atoms with Gasteiger partial charge in [-0.05, 0) is 42.2 Å². The molecule has 1 aliphatic rings. The van der Waals surface area contributed by atoms with Gasteiger partial charge in [0.05, 0.1) is 0 Å². The molecule has 4 heteroatoms. The van der Waals surface area contributed by atoms with Gasteiger partial charge in [0.1, 0.15) is 30.3 Å². The van der Waals surface area contributed by atoms with Crippen LogP contribution in [0.2, 0.25) is 0 Å². The van der Waals surface area contributed by atoms with E-state index in [1.807, 2.05) is 42.5 Å². The molecule has 2 aromatic carbocycles. The van der Waals surface area contributed by atoms with E-state index in [9.17, 15) is 5.11 Å². The third-order valence-corrected chi connectivity index (χ3v) is 4.70. The van der Waals surface area contributed by atoms with Crippen LogP contribution in [0, 0.1) is 5.41 Å². The minimum Gasteiger partial charge on any atom is -0.492 e. The molecule has 4 nitrogen and oxygen atoms in total. The highest BCUT2D eigenvalue weighted by atomic mass is 16.5. The number of para-hydroxylation sites is 1. The maximum Gasteiger partial charge on any atom is 0.123 e. The molecule has 0 aliphatic carbocycles. The van der Waals surface area contributed by atoms with Crippen molar-refractivity contribution in [3.05, 3.63) is 59.7 Å². The predicted octanol–water partition coefficient (Wildman–Crippen LogP) is 4.21. The number of rotatable bonds is 5. The molecule has 0 saturated heterocycles. The van der Waals surface area contributed by atoms with E-state index in [1.165, 1.54) is 0 Å². The van der Waals surface area contributed by atoms with Crippen molar-refractivity contribution in [2.45, 2.75) is 39.8 Å². The van der Waals surface area contributed by atoms with Crippen molar-refractivity contribution in [1.29, 1.82) is 0 Å². The normalized spacial score (nSPS) is 17.4. The Balaban J connectivity index is 1.75. The highest BCUT2D eigenvalue weighted by Crippen LogP contribution is 2.31. The molecule has 0 aromatic heterocycles. The zero-order valence-electron chi connectivity index (χ0n) is 16.9. The quantitative estimate of drug-likeness (QED) is 0.857. The van der Waals surface area contributed by atoms with Gasteiger partial charge in [-0.3, -0.25) is 4.90 Å². The maximum atomic E-state index is 11.0. The number of benzene rings is 2. The average molecular weight is 370 g/mol. The lowest BCUT2D eigenvalue weighted by Gasteiger charge is -2.29. The molecule has 2 aromatic rings. The molecule has 0 bridgehead atoms. The zero-order valence-corrected chi connectivity index (χ0v) is 16.9. The van der Waals surface area contributed by atoms with Crippen LogP contribution in [0.1, 0.15) is 38.8 Å². The topological polar surface area (TPSA) is 41.9 Å². The zero-order chi connectivity index (χ0) is 19.5. The fourth-order valence-electron chi connectivity index (χ4n) is 3.41. The van der Waals surface area contributed by atoms with E-state index in [0.717, 1.165) is 42.3 Å². The summed E-state index contributed by atoms with van der Waals surface area (Å²) in [6, 6.07) is 15.6. The lowest BCUT2D eigenvalue weighted by atomic mass is 9.93. The summed E-state index contributed by atoms with van der Waals surface area (Å²) in [6.45, 7) is 12.2. The second-order valence-electron chi connectivity index (χ2n) is 8.82. The minimum atomic E-state index is -1.08. The van der Waals surface area contributed by atoms with Gasteiger partial charge in [-0.25, -0.2) is 0 Å². The van der Waals surface area contributed by atoms with Crippen LogP contribution in [0.5, 0.6) is 11.5 Å². The predicted molar refractivity (Wildman–Crippen MR) is 108 cm³/mol. The maximum absolute atomic E-state index is 11.0. The fraction of sp³-hybridized carbons (Fsp3) is 0.478. The molecule has 0 saturated carbocycles. The van der Waals surface area contributed by atoms with Crippen molar-refractivity contribution >= 4 is 0 Å². The largest absolute Gasteiger partial charge is 0.492 e. The molecule has 0 spiro atoms. The molecule has 1 heterocycles. The molecule has 0 radical (unpaired) electrons. The third kappa shape index (κ3) is 5.47. The van der Waals surface area contributed by atoms with Gasteiger partial charge >= 0.3 is 0 Å². The van der Waals surface area contributed by atoms with Crippen LogP contribution < -0.4 is 9.47 Å². The molecule has 1 N–H and O–H groups in total. The van der Waals surface area contributed by atoms with Crippen molar-refractivity contribution < 1.29 is 14.6 Å². The Morgan fingerprint density at radius 3 is 2.52 bits per heavy atom. The summed E-state index contributed by atoms with van der Waals surface area (Å²) in [6.07, 6.45) is 0. The lowest BCUT2D eigenvalue weighted by Crippen LogP contribution is -2.34. The van der Waals surface area contributed by atoms with E-state index in [0.29, 0.717) is 6.61 Å². The SMILES string of the molecule is CC(C)(C)CN1CCOc2ccc([C@@](C)(O)COc3ccccc3)cc2C1. The van der Waals surface area contributed by atoms with E-state index in [1.54, 1.807) is 6.92 Å². The summed E-state index contributed by atoms with van der Waals surface area (Å²) in [7, 11) is 0. The molecule has 1 aliphatic heterocycles. The van der Waals surface area contributed by atoms with Gasteiger partial charge in [0.2, 0.25) is 0 Å². The second-order valence-corrected chi connectivity index (χ2v) is 8.82. The average Bonchev–Trinajstić information content (AvgIpc) is 2.80. The standard InChI is InChI=1S/C23H31NO3/c1-22(2,3)16-24-12-13-26-21-11-10-19(14-18(21)15-24)23(4,25)17-27-20-8-6-5-7-9-20/h5-11,14,25H,12-13,15-17H2,1-4H3/t23-/m0/s1. The second kappa shape index (κ2) is 7.91. The first-order chi connectivity index (χ1) is 12.7. The van der Waals surface area contributed by atoms with Crippen molar-refractivity contribution in [2.24, 2.45) is 5.41 Å². The molecule has 3 rings (SSSR count). The Kier molecular flexibility index (Phi) is 5.78. The molecule has 0 unspecified atom stereocenters. The minimum absolute atomic E-state index is 0.197. The van der Waals surface area contributed by atoms with Crippen LogP contribution in [0.25, 0.3) is 0 Å². The summed E-state index contributed by atoms with van der Waals surface area (Å²) in [5.41, 5.74) is 1.12. The highest BCUT2D eigenvalue weighted by Gasteiger charge is 2.27. The third-order valence-electron chi connectivity index (χ3n) is 4.70. The summed E-state index contributed by atoms with van der Waals surface area (Å²) >= 11 is 0. The van der Waals surface area contributed by atoms with E-state index < -0.39 is 5.60 Å². The molecule has 27 heavy (non-hydrogen) atoms. The van der Waals surface area contributed by atoms with E-state index in [-0.39, 0.29) is 12.0 Å². The number of aliphatic hydroxyl groups is 1. The van der Waals surface area contributed by atoms with Gasteiger partial charge in [0.25, 0.3) is 0 Å². The molecular weight excluding hydrogens is 338 g/mol. The van der Waals surface area contributed by atoms with Crippen LogP contribution in [-0.2, 0) is 12.1 Å². The van der Waals surface area contributed by atoms with Crippen LogP contribution in [0.15, 0.2) is 48.5 Å². The molecule has 146 valence electrons. The van der Waals surface area contributed by atoms with Gasteiger partial charge in [-0.15, -0.1) is 0 Å². The van der Waals surface area contributed by atoms with Crippen molar-refractivity contribution in [3.8, 4) is 11.5 Å². The summed E-state index contributed by atoms with van der Waals surface area (Å²) in [4.78, 5) is 2.42. The van der Waals surface area contributed by atoms with Gasteiger partial charge in [-0.2, -0.15) is 0 Å². The van der Waals surface area contributed by atoms with Gasteiger partial charge in [0, 0.05) is 25.2 Å². The first kappa shape index (κ1) is 19.7. The van der Waals surface area contributed by atoms with Gasteiger partial charge in [-0.1, -0.05) is 45.0 Å². The number of nitrogens with zero attached hydrogens (tertiary/aromatic N) is 1. The molecule has 0 amide bonds. The van der Waals surface area contributed by atoms with Crippen LogP contribution >= 0.6 is 0 Å². The summed E-state index contributed by atoms with van der Waals surface area (Å²) in [5, 5.41) is 11.0. The number of fused-ring (bicyclic) bond motifs is 1. The summed E-state index contributed by atoms with van der Waals surface area (Å²) in [5.74, 6) is 1.67. The molecule has 0 fully saturated rings. The molecular formula is C23H31NO3. The van der Waals surface area contributed by atoms with Gasteiger partial charge in [0.15, 0.2) is 0 Å². The Labute approximate surface area is 162 Å². The Bertz CT molecular complexity index is 750. The van der Waals surface area contributed by atoms with Gasteiger partial charge < -0.3 is 14.6 Å². The smallest absolute Gasteiger partial charge is 0.123 e. The number of hydrogen-bond acceptors (Lipinski definition) is 4. The number of ether oxygens (including phenoxy) is 2. The van der Waals surface area contributed by atoms with E-state index in [2.05, 4.69) is 31.7 Å². The van der Waals surface area contributed by atoms with Crippen LogP contribution in [0.4, 0.5) is 0 Å². The first-order valence-corrected chi connectivity index (χ1v) is 9.62. The molecule has 1 atom stereocenters. The van der Waals surface area contributed by atoms with E-state index >= 15 is 0 Å². The Morgan fingerprint density at radius 2 is 1.81 bits per heavy atom. The van der Waals surface area contributed by atoms with Crippen molar-refractivity contribution in [1.82, 2.24) is 4.90 Å². The van der Waals surface area contributed by atoms with Crippen LogP contribution in [0.3, 0.4) is 0 Å². The van der Waals surface area contributed by atoms with E-state index in [4.69, 9.17) is 9.47 Å². The fourth-order valence-corrected chi connectivity index (χ4v) is 3.41. The Hall–Kier alpha value is -2.04. The van der Waals surface area contributed by atoms with Crippen LogP contribution in [-0.4, -0.2) is 36.3 Å². The first-order valence-electron chi connectivity index (χ1n) is 9.62. The highest BCUT2D eigenvalue weighted by molar-refractivity contribution is 5.40. The number of hydrogen-bond donors (Lipinski definition) is 1. The van der Waals surface area contributed by atoms with Crippen molar-refractivity contribution in [2.75, 3.05) is 26.3 Å². The summed E-state index contributed by atoms with van der Waals surface area (Å²) < 4.78 is 11.7. The lowest BCUT2D eigenvalue weighted by molar-refractivity contribution is 0.00747.